The Kier molecular flexibility index (Phi) is 7.36. The van der Waals surface area contributed by atoms with Gasteiger partial charge in [0.1, 0.15) is 18.0 Å². The van der Waals surface area contributed by atoms with E-state index in [0.717, 1.165) is 12.8 Å². The quantitative estimate of drug-likeness (QED) is 0.599. The van der Waals surface area contributed by atoms with E-state index in [1.807, 2.05) is 20.8 Å². The van der Waals surface area contributed by atoms with Crippen molar-refractivity contribution in [2.45, 2.75) is 39.2 Å². The minimum Gasteiger partial charge on any atom is -0.487 e. The molecule has 192 valence electrons. The number of rotatable bonds is 4. The van der Waals surface area contributed by atoms with E-state index in [9.17, 15) is 18.0 Å². The second-order valence-electron chi connectivity index (χ2n) is 10.2. The van der Waals surface area contributed by atoms with Crippen molar-refractivity contribution in [1.82, 2.24) is 14.1 Å². The predicted molar refractivity (Wildman–Crippen MR) is 133 cm³/mol. The van der Waals surface area contributed by atoms with Crippen LogP contribution in [-0.4, -0.2) is 86.0 Å². The zero-order valence-corrected chi connectivity index (χ0v) is 21.9. The molecule has 0 saturated carbocycles. The maximum atomic E-state index is 13.2. The Labute approximate surface area is 211 Å². The number of piperidine rings is 1. The molecule has 0 atom stereocenters. The van der Waals surface area contributed by atoms with Crippen molar-refractivity contribution in [2.24, 2.45) is 5.92 Å². The number of nitrogens with zero attached hydrogens (tertiary/aromatic N) is 3. The standard InChI is InChI=1S/C24H32ClN3O6S/c1-24(2,3)34-23(30)26-8-6-17(7-9-26)14-27-10-11-28(15-22(27)29)35(31,32)20-12-18-4-5-19(25)13-21(18)33-16-20/h4-5,12-13,17H,6-11,14-16H2,1-3H3. The van der Waals surface area contributed by atoms with Gasteiger partial charge in [0.25, 0.3) is 0 Å². The smallest absolute Gasteiger partial charge is 0.410 e. The molecule has 1 aromatic carbocycles. The molecule has 0 spiro atoms. The molecule has 0 bridgehead atoms. The Morgan fingerprint density at radius 2 is 1.89 bits per heavy atom. The SMILES string of the molecule is CC(C)(C)OC(=O)N1CCC(CN2CCN(S(=O)(=O)C3=Cc4ccc(Cl)cc4OC3)CC2=O)CC1. The highest BCUT2D eigenvalue weighted by molar-refractivity contribution is 7.93. The van der Waals surface area contributed by atoms with Gasteiger partial charge >= 0.3 is 6.09 Å². The molecule has 9 nitrogen and oxygen atoms in total. The summed E-state index contributed by atoms with van der Waals surface area (Å²) in [5.41, 5.74) is 0.110. The molecule has 0 N–H and O–H groups in total. The Morgan fingerprint density at radius 3 is 2.54 bits per heavy atom. The minimum absolute atomic E-state index is 0.0969. The lowest BCUT2D eigenvalue weighted by Gasteiger charge is -2.38. The van der Waals surface area contributed by atoms with Crippen molar-refractivity contribution in [3.05, 3.63) is 33.7 Å². The first-order chi connectivity index (χ1) is 16.4. The number of halogens is 1. The molecule has 4 rings (SSSR count). The van der Waals surface area contributed by atoms with E-state index in [1.54, 1.807) is 34.1 Å². The Balaban J connectivity index is 1.31. The molecule has 2 amide bonds. The van der Waals surface area contributed by atoms with Gasteiger partial charge < -0.3 is 19.3 Å². The summed E-state index contributed by atoms with van der Waals surface area (Å²) in [6.07, 6.45) is 2.83. The van der Waals surface area contributed by atoms with Crippen molar-refractivity contribution < 1.29 is 27.5 Å². The average molecular weight is 526 g/mol. The lowest BCUT2D eigenvalue weighted by Crippen LogP contribution is -2.54. The first-order valence-electron chi connectivity index (χ1n) is 11.8. The van der Waals surface area contributed by atoms with Crippen LogP contribution in [0.2, 0.25) is 5.02 Å². The highest BCUT2D eigenvalue weighted by Gasteiger charge is 2.36. The zero-order chi connectivity index (χ0) is 25.4. The van der Waals surface area contributed by atoms with Gasteiger partial charge in [0.2, 0.25) is 15.9 Å². The summed E-state index contributed by atoms with van der Waals surface area (Å²) in [7, 11) is -3.83. The van der Waals surface area contributed by atoms with E-state index in [1.165, 1.54) is 4.31 Å². The summed E-state index contributed by atoms with van der Waals surface area (Å²) in [6, 6.07) is 5.04. The first kappa shape index (κ1) is 25.8. The van der Waals surface area contributed by atoms with E-state index in [-0.39, 0.29) is 42.5 Å². The van der Waals surface area contributed by atoms with Crippen LogP contribution in [0.25, 0.3) is 6.08 Å². The number of hydrogen-bond acceptors (Lipinski definition) is 6. The fourth-order valence-corrected chi connectivity index (χ4v) is 6.03. The number of piperazine rings is 1. The van der Waals surface area contributed by atoms with Crippen LogP contribution in [-0.2, 0) is 19.6 Å². The molecule has 11 heteroatoms. The van der Waals surface area contributed by atoms with Crippen LogP contribution in [0, 0.1) is 5.92 Å². The number of likely N-dealkylation sites (tertiary alicyclic amines) is 1. The van der Waals surface area contributed by atoms with Crippen LogP contribution < -0.4 is 4.74 Å². The van der Waals surface area contributed by atoms with Gasteiger partial charge in [0.05, 0.1) is 11.4 Å². The molecule has 2 saturated heterocycles. The van der Waals surface area contributed by atoms with Crippen LogP contribution in [0.1, 0.15) is 39.2 Å². The van der Waals surface area contributed by atoms with Crippen molar-refractivity contribution in [2.75, 3.05) is 45.9 Å². The largest absolute Gasteiger partial charge is 0.487 e. The fraction of sp³-hybridized carbons (Fsp3) is 0.583. The summed E-state index contributed by atoms with van der Waals surface area (Å²) in [5.74, 6) is 0.590. The monoisotopic (exact) mass is 525 g/mol. The van der Waals surface area contributed by atoms with Gasteiger partial charge in [-0.2, -0.15) is 4.31 Å². The number of amides is 2. The maximum Gasteiger partial charge on any atom is 0.410 e. The zero-order valence-electron chi connectivity index (χ0n) is 20.3. The lowest BCUT2D eigenvalue weighted by molar-refractivity contribution is -0.135. The van der Waals surface area contributed by atoms with E-state index in [4.69, 9.17) is 21.1 Å². The Bertz CT molecular complexity index is 1120. The van der Waals surface area contributed by atoms with E-state index in [0.29, 0.717) is 42.5 Å². The van der Waals surface area contributed by atoms with E-state index >= 15 is 0 Å². The molecule has 2 fully saturated rings. The van der Waals surface area contributed by atoms with Gasteiger partial charge in [-0.1, -0.05) is 11.6 Å². The first-order valence-corrected chi connectivity index (χ1v) is 13.6. The molecular weight excluding hydrogens is 494 g/mol. The minimum atomic E-state index is -3.83. The molecular formula is C24H32ClN3O6S. The average Bonchev–Trinajstić information content (AvgIpc) is 2.79. The number of carbonyl (C=O) groups excluding carboxylic acids is 2. The third kappa shape index (κ3) is 6.10. The summed E-state index contributed by atoms with van der Waals surface area (Å²) >= 11 is 5.98. The van der Waals surface area contributed by atoms with Crippen LogP contribution >= 0.6 is 11.6 Å². The van der Waals surface area contributed by atoms with Crippen LogP contribution in [0.4, 0.5) is 4.79 Å². The van der Waals surface area contributed by atoms with Gasteiger partial charge in [-0.25, -0.2) is 13.2 Å². The normalized spacial score (nSPS) is 20.2. The molecule has 3 aliphatic rings. The van der Waals surface area contributed by atoms with Crippen molar-refractivity contribution in [1.29, 1.82) is 0 Å². The number of hydrogen-bond donors (Lipinski definition) is 0. The van der Waals surface area contributed by atoms with Crippen LogP contribution in [0.3, 0.4) is 0 Å². The van der Waals surface area contributed by atoms with E-state index < -0.39 is 15.6 Å². The Hall–Kier alpha value is -2.30. The van der Waals surface area contributed by atoms with Gasteiger partial charge in [-0.05, 0) is 63.8 Å². The molecule has 0 radical (unpaired) electrons. The van der Waals surface area contributed by atoms with E-state index in [2.05, 4.69) is 0 Å². The highest BCUT2D eigenvalue weighted by Crippen LogP contribution is 2.32. The molecule has 35 heavy (non-hydrogen) atoms. The molecule has 1 aromatic rings. The number of ether oxygens (including phenoxy) is 2. The Morgan fingerprint density at radius 1 is 1.17 bits per heavy atom. The van der Waals surface area contributed by atoms with Crippen molar-refractivity contribution >= 4 is 39.7 Å². The maximum absolute atomic E-state index is 13.2. The molecule has 3 heterocycles. The fourth-order valence-electron chi connectivity index (χ4n) is 4.45. The number of benzene rings is 1. The van der Waals surface area contributed by atoms with Crippen LogP contribution in [0.15, 0.2) is 23.1 Å². The number of fused-ring (bicyclic) bond motifs is 1. The summed E-state index contributed by atoms with van der Waals surface area (Å²) in [6.45, 7) is 7.55. The molecule has 0 aliphatic carbocycles. The third-order valence-electron chi connectivity index (χ3n) is 6.36. The molecule has 3 aliphatic heterocycles. The van der Waals surface area contributed by atoms with Gasteiger partial charge in [0, 0.05) is 43.3 Å². The lowest BCUT2D eigenvalue weighted by atomic mass is 9.96. The van der Waals surface area contributed by atoms with Gasteiger partial charge in [-0.3, -0.25) is 4.79 Å². The van der Waals surface area contributed by atoms with Crippen molar-refractivity contribution in [3.63, 3.8) is 0 Å². The summed E-state index contributed by atoms with van der Waals surface area (Å²) in [5, 5.41) is 0.515. The highest BCUT2D eigenvalue weighted by atomic mass is 35.5. The molecule has 0 unspecified atom stereocenters. The van der Waals surface area contributed by atoms with Gasteiger partial charge in [-0.15, -0.1) is 0 Å². The second kappa shape index (κ2) is 9.99. The second-order valence-corrected chi connectivity index (χ2v) is 12.6. The summed E-state index contributed by atoms with van der Waals surface area (Å²) in [4.78, 5) is 28.7. The number of sulfonamides is 1. The number of carbonyl (C=O) groups is 2. The van der Waals surface area contributed by atoms with Crippen LogP contribution in [0.5, 0.6) is 5.75 Å². The summed E-state index contributed by atoms with van der Waals surface area (Å²) < 4.78 is 38.7. The topological polar surface area (TPSA) is 96.5 Å². The third-order valence-corrected chi connectivity index (χ3v) is 8.49. The predicted octanol–water partition coefficient (Wildman–Crippen LogP) is 3.19. The van der Waals surface area contributed by atoms with Gasteiger partial charge in [0.15, 0.2) is 0 Å². The molecule has 0 aromatic heterocycles. The van der Waals surface area contributed by atoms with Crippen molar-refractivity contribution in [3.8, 4) is 5.75 Å².